The van der Waals surface area contributed by atoms with Gasteiger partial charge in [0.15, 0.2) is 11.5 Å². The molecule has 0 saturated carbocycles. The summed E-state index contributed by atoms with van der Waals surface area (Å²) in [4.78, 5) is 24.7. The Balaban J connectivity index is 1.91. The Morgan fingerprint density at radius 2 is 1.52 bits per heavy atom. The number of benzene rings is 2. The van der Waals surface area contributed by atoms with Crippen LogP contribution in [0.5, 0.6) is 11.5 Å². The van der Waals surface area contributed by atoms with Crippen LogP contribution < -0.4 is 25.4 Å². The second-order valence-electron chi connectivity index (χ2n) is 6.52. The Kier molecular flexibility index (Phi) is 8.98. The highest BCUT2D eigenvalue weighted by Crippen LogP contribution is 2.27. The van der Waals surface area contributed by atoms with Crippen molar-refractivity contribution in [3.8, 4) is 11.5 Å². The highest BCUT2D eigenvalue weighted by atomic mass is 16.5. The molecule has 0 aromatic heterocycles. The van der Waals surface area contributed by atoms with Crippen molar-refractivity contribution >= 4 is 11.8 Å². The van der Waals surface area contributed by atoms with Crippen LogP contribution >= 0.6 is 0 Å². The van der Waals surface area contributed by atoms with Crippen LogP contribution in [0.1, 0.15) is 39.1 Å². The lowest BCUT2D eigenvalue weighted by Crippen LogP contribution is -2.26. The van der Waals surface area contributed by atoms with E-state index in [9.17, 15) is 9.59 Å². The largest absolute Gasteiger partial charge is 0.493 e. The first-order chi connectivity index (χ1) is 14.1. The molecule has 2 rings (SSSR count). The lowest BCUT2D eigenvalue weighted by atomic mass is 10.1. The second kappa shape index (κ2) is 11.7. The molecule has 0 aliphatic carbocycles. The van der Waals surface area contributed by atoms with Gasteiger partial charge in [-0.25, -0.2) is 0 Å². The fourth-order valence-corrected chi connectivity index (χ4v) is 2.82. The van der Waals surface area contributed by atoms with Crippen LogP contribution in [0.3, 0.4) is 0 Å². The summed E-state index contributed by atoms with van der Waals surface area (Å²) < 4.78 is 10.4. The summed E-state index contributed by atoms with van der Waals surface area (Å²) >= 11 is 0. The van der Waals surface area contributed by atoms with E-state index in [-0.39, 0.29) is 11.8 Å². The Morgan fingerprint density at radius 3 is 2.24 bits per heavy atom. The number of methoxy groups -OCH3 is 2. The molecule has 2 aromatic rings. The number of unbranched alkanes of at least 4 members (excludes halogenated alkanes) is 1. The minimum Gasteiger partial charge on any atom is -0.493 e. The first kappa shape index (κ1) is 22.2. The van der Waals surface area contributed by atoms with E-state index in [1.54, 1.807) is 37.4 Å². The summed E-state index contributed by atoms with van der Waals surface area (Å²) in [6.07, 6.45) is 1.94. The van der Waals surface area contributed by atoms with E-state index in [1.807, 2.05) is 19.2 Å². The van der Waals surface area contributed by atoms with Gasteiger partial charge < -0.3 is 25.4 Å². The summed E-state index contributed by atoms with van der Waals surface area (Å²) in [6.45, 7) is 1.89. The van der Waals surface area contributed by atoms with Gasteiger partial charge in [0.05, 0.1) is 14.2 Å². The maximum Gasteiger partial charge on any atom is 0.251 e. The molecular formula is C22H29N3O4. The van der Waals surface area contributed by atoms with Crippen LogP contribution in [0.4, 0.5) is 0 Å². The summed E-state index contributed by atoms with van der Waals surface area (Å²) in [5, 5.41) is 8.86. The summed E-state index contributed by atoms with van der Waals surface area (Å²) in [7, 11) is 4.98. The molecule has 2 amide bonds. The van der Waals surface area contributed by atoms with Crippen molar-refractivity contribution in [1.29, 1.82) is 0 Å². The monoisotopic (exact) mass is 399 g/mol. The van der Waals surface area contributed by atoms with E-state index in [2.05, 4.69) is 16.0 Å². The molecule has 0 aliphatic rings. The van der Waals surface area contributed by atoms with E-state index in [4.69, 9.17) is 9.47 Å². The molecule has 0 unspecified atom stereocenters. The molecule has 0 saturated heterocycles. The van der Waals surface area contributed by atoms with E-state index in [0.717, 1.165) is 24.9 Å². The molecule has 0 heterocycles. The minimum atomic E-state index is -0.231. The van der Waals surface area contributed by atoms with Crippen molar-refractivity contribution in [2.24, 2.45) is 0 Å². The van der Waals surface area contributed by atoms with Crippen LogP contribution in [0.15, 0.2) is 42.5 Å². The topological polar surface area (TPSA) is 88.7 Å². The van der Waals surface area contributed by atoms with Crippen LogP contribution in [-0.4, -0.2) is 46.2 Å². The lowest BCUT2D eigenvalue weighted by Gasteiger charge is -2.11. The van der Waals surface area contributed by atoms with Crippen molar-refractivity contribution in [3.05, 3.63) is 59.2 Å². The van der Waals surface area contributed by atoms with Gasteiger partial charge in [0.25, 0.3) is 11.8 Å². The standard InChI is InChI=1S/C22H29N3O4/c1-23-11-4-5-12-24-21(26)17-8-6-7-16(13-17)15-25-22(27)18-9-10-19(28-2)20(14-18)29-3/h6-10,13-14,23H,4-5,11-12,15H2,1-3H3,(H,24,26)(H,25,27). The number of carbonyl (C=O) groups excluding carboxylic acids is 2. The van der Waals surface area contributed by atoms with Gasteiger partial charge in [0.2, 0.25) is 0 Å². The number of amides is 2. The third-order valence-electron chi connectivity index (χ3n) is 4.43. The van der Waals surface area contributed by atoms with E-state index < -0.39 is 0 Å². The van der Waals surface area contributed by atoms with Crippen molar-refractivity contribution in [2.45, 2.75) is 19.4 Å². The first-order valence-corrected chi connectivity index (χ1v) is 9.61. The second-order valence-corrected chi connectivity index (χ2v) is 6.52. The van der Waals surface area contributed by atoms with Gasteiger partial charge in [-0.15, -0.1) is 0 Å². The highest BCUT2D eigenvalue weighted by molar-refractivity contribution is 5.95. The zero-order valence-corrected chi connectivity index (χ0v) is 17.2. The van der Waals surface area contributed by atoms with Gasteiger partial charge in [-0.2, -0.15) is 0 Å². The third kappa shape index (κ3) is 6.80. The molecule has 29 heavy (non-hydrogen) atoms. The average Bonchev–Trinajstić information content (AvgIpc) is 2.76. The molecular weight excluding hydrogens is 370 g/mol. The summed E-state index contributed by atoms with van der Waals surface area (Å²) in [5.41, 5.74) is 1.90. The quantitative estimate of drug-likeness (QED) is 0.505. The number of hydrogen-bond donors (Lipinski definition) is 3. The maximum absolute atomic E-state index is 12.4. The van der Waals surface area contributed by atoms with Crippen molar-refractivity contribution in [1.82, 2.24) is 16.0 Å². The van der Waals surface area contributed by atoms with Gasteiger partial charge in [0, 0.05) is 24.2 Å². The minimum absolute atomic E-state index is 0.109. The fourth-order valence-electron chi connectivity index (χ4n) is 2.82. The molecule has 7 nitrogen and oxygen atoms in total. The van der Waals surface area contributed by atoms with Crippen LogP contribution in [0.25, 0.3) is 0 Å². The summed E-state index contributed by atoms with van der Waals surface area (Å²) in [6, 6.07) is 12.2. The molecule has 0 atom stereocenters. The molecule has 0 radical (unpaired) electrons. The summed E-state index contributed by atoms with van der Waals surface area (Å²) in [5.74, 6) is 0.718. The van der Waals surface area contributed by atoms with E-state index in [0.29, 0.717) is 35.7 Å². The van der Waals surface area contributed by atoms with Crippen LogP contribution in [-0.2, 0) is 6.54 Å². The van der Waals surface area contributed by atoms with Gasteiger partial charge in [-0.1, -0.05) is 12.1 Å². The zero-order valence-electron chi connectivity index (χ0n) is 17.2. The van der Waals surface area contributed by atoms with E-state index in [1.165, 1.54) is 7.11 Å². The van der Waals surface area contributed by atoms with Crippen LogP contribution in [0, 0.1) is 0 Å². The number of carbonyl (C=O) groups is 2. The SMILES string of the molecule is CNCCCCNC(=O)c1cccc(CNC(=O)c2ccc(OC)c(OC)c2)c1. The Bertz CT molecular complexity index is 823. The Labute approximate surface area is 171 Å². The zero-order chi connectivity index (χ0) is 21.1. The van der Waals surface area contributed by atoms with Gasteiger partial charge >= 0.3 is 0 Å². The molecule has 7 heteroatoms. The smallest absolute Gasteiger partial charge is 0.251 e. The predicted octanol–water partition coefficient (Wildman–Crippen LogP) is 2.36. The molecule has 156 valence electrons. The fraction of sp³-hybridized carbons (Fsp3) is 0.364. The predicted molar refractivity (Wildman–Crippen MR) is 113 cm³/mol. The van der Waals surface area contributed by atoms with Gasteiger partial charge in [0.1, 0.15) is 0 Å². The highest BCUT2D eigenvalue weighted by Gasteiger charge is 2.11. The number of nitrogens with one attached hydrogen (secondary N) is 3. The number of rotatable bonds is 11. The van der Waals surface area contributed by atoms with Crippen molar-refractivity contribution < 1.29 is 19.1 Å². The molecule has 0 fully saturated rings. The van der Waals surface area contributed by atoms with Crippen LogP contribution in [0.2, 0.25) is 0 Å². The Hall–Kier alpha value is -3.06. The first-order valence-electron chi connectivity index (χ1n) is 9.61. The van der Waals surface area contributed by atoms with Crippen molar-refractivity contribution in [3.63, 3.8) is 0 Å². The normalized spacial score (nSPS) is 10.3. The molecule has 0 aliphatic heterocycles. The molecule has 2 aromatic carbocycles. The molecule has 0 spiro atoms. The number of ether oxygens (including phenoxy) is 2. The van der Waals surface area contributed by atoms with Gasteiger partial charge in [-0.3, -0.25) is 9.59 Å². The third-order valence-corrected chi connectivity index (χ3v) is 4.43. The van der Waals surface area contributed by atoms with E-state index >= 15 is 0 Å². The molecule has 0 bridgehead atoms. The maximum atomic E-state index is 12.4. The number of hydrogen-bond acceptors (Lipinski definition) is 5. The Morgan fingerprint density at radius 1 is 0.828 bits per heavy atom. The lowest BCUT2D eigenvalue weighted by molar-refractivity contribution is 0.0945. The van der Waals surface area contributed by atoms with Crippen molar-refractivity contribution in [2.75, 3.05) is 34.4 Å². The molecule has 3 N–H and O–H groups in total. The average molecular weight is 399 g/mol. The van der Waals surface area contributed by atoms with Gasteiger partial charge in [-0.05, 0) is 62.3 Å².